The van der Waals surface area contributed by atoms with Crippen molar-refractivity contribution in [2.24, 2.45) is 5.92 Å². The van der Waals surface area contributed by atoms with Crippen molar-refractivity contribution < 1.29 is 9.53 Å². The second-order valence-corrected chi connectivity index (χ2v) is 2.55. The van der Waals surface area contributed by atoms with Crippen LogP contribution in [0.5, 0.6) is 0 Å². The van der Waals surface area contributed by atoms with Gasteiger partial charge in [0.05, 0.1) is 5.92 Å². The van der Waals surface area contributed by atoms with Crippen molar-refractivity contribution >= 4 is 5.97 Å². The van der Waals surface area contributed by atoms with E-state index in [2.05, 4.69) is 6.92 Å². The minimum absolute atomic E-state index is 0.0338. The van der Waals surface area contributed by atoms with E-state index in [4.69, 9.17) is 4.74 Å². The molecule has 9 heavy (non-hydrogen) atoms. The Morgan fingerprint density at radius 1 is 1.67 bits per heavy atom. The predicted molar refractivity (Wildman–Crippen MR) is 34.0 cm³/mol. The molecule has 1 saturated heterocycles. The molecular weight excluding hydrogens is 116 g/mol. The van der Waals surface area contributed by atoms with Crippen molar-refractivity contribution in [3.8, 4) is 0 Å². The van der Waals surface area contributed by atoms with E-state index in [-0.39, 0.29) is 18.0 Å². The Balaban J connectivity index is 2.25. The van der Waals surface area contributed by atoms with E-state index in [0.717, 1.165) is 12.8 Å². The number of esters is 1. The first-order chi connectivity index (χ1) is 4.25. The Morgan fingerprint density at radius 3 is 2.67 bits per heavy atom. The third kappa shape index (κ3) is 1.07. The van der Waals surface area contributed by atoms with E-state index in [9.17, 15) is 4.79 Å². The summed E-state index contributed by atoms with van der Waals surface area (Å²) in [5.41, 5.74) is 0. The second kappa shape index (κ2) is 2.38. The molecule has 1 rings (SSSR count). The van der Waals surface area contributed by atoms with Crippen LogP contribution in [-0.2, 0) is 9.53 Å². The molecule has 1 fully saturated rings. The molecule has 0 N–H and O–H groups in total. The summed E-state index contributed by atoms with van der Waals surface area (Å²) >= 11 is 0. The third-order valence-corrected chi connectivity index (χ3v) is 1.77. The summed E-state index contributed by atoms with van der Waals surface area (Å²) in [6.45, 7) is 4.02. The quantitative estimate of drug-likeness (QED) is 0.525. The maximum atomic E-state index is 10.5. The first-order valence-corrected chi connectivity index (χ1v) is 3.46. The molecule has 1 aliphatic heterocycles. The van der Waals surface area contributed by atoms with Crippen LogP contribution in [0.1, 0.15) is 26.7 Å². The maximum Gasteiger partial charge on any atom is 0.312 e. The summed E-state index contributed by atoms with van der Waals surface area (Å²) in [6.07, 6.45) is 2.34. The van der Waals surface area contributed by atoms with Gasteiger partial charge in [-0.1, -0.05) is 13.3 Å². The van der Waals surface area contributed by atoms with Gasteiger partial charge in [0.1, 0.15) is 6.10 Å². The van der Waals surface area contributed by atoms with Crippen LogP contribution in [0.25, 0.3) is 0 Å². The van der Waals surface area contributed by atoms with Crippen LogP contribution in [0.15, 0.2) is 0 Å². The lowest BCUT2D eigenvalue weighted by Crippen LogP contribution is -2.42. The Labute approximate surface area is 55.2 Å². The number of carbonyl (C=O) groups excluding carboxylic acids is 1. The fourth-order valence-corrected chi connectivity index (χ4v) is 1.03. The van der Waals surface area contributed by atoms with Crippen LogP contribution >= 0.6 is 0 Å². The van der Waals surface area contributed by atoms with Gasteiger partial charge >= 0.3 is 5.97 Å². The lowest BCUT2D eigenvalue weighted by Gasteiger charge is -2.32. The SMILES string of the molecule is CCC[C@@H]1OC(=O)[C@H]1C. The minimum Gasteiger partial charge on any atom is -0.461 e. The van der Waals surface area contributed by atoms with Gasteiger partial charge in [-0.3, -0.25) is 4.79 Å². The van der Waals surface area contributed by atoms with Gasteiger partial charge in [0, 0.05) is 0 Å². The van der Waals surface area contributed by atoms with Crippen molar-refractivity contribution in [2.75, 3.05) is 0 Å². The summed E-state index contributed by atoms with van der Waals surface area (Å²) in [7, 11) is 0. The van der Waals surface area contributed by atoms with Gasteiger partial charge in [0.25, 0.3) is 0 Å². The monoisotopic (exact) mass is 128 g/mol. The summed E-state index contributed by atoms with van der Waals surface area (Å²) in [5, 5.41) is 0. The number of hydrogen-bond donors (Lipinski definition) is 0. The molecule has 52 valence electrons. The molecule has 0 aliphatic carbocycles. The van der Waals surface area contributed by atoms with Gasteiger partial charge in [-0.05, 0) is 13.3 Å². The molecule has 1 heterocycles. The van der Waals surface area contributed by atoms with Gasteiger partial charge < -0.3 is 4.74 Å². The van der Waals surface area contributed by atoms with Gasteiger partial charge in [-0.25, -0.2) is 0 Å². The largest absolute Gasteiger partial charge is 0.461 e. The van der Waals surface area contributed by atoms with Gasteiger partial charge in [0.15, 0.2) is 0 Å². The Kier molecular flexibility index (Phi) is 1.74. The van der Waals surface area contributed by atoms with E-state index in [1.807, 2.05) is 6.92 Å². The Bertz CT molecular complexity index is 120. The Morgan fingerprint density at radius 2 is 2.33 bits per heavy atom. The molecule has 0 unspecified atom stereocenters. The van der Waals surface area contributed by atoms with Crippen LogP contribution in [0.2, 0.25) is 0 Å². The first kappa shape index (κ1) is 6.59. The zero-order valence-electron chi connectivity index (χ0n) is 5.89. The number of cyclic esters (lactones) is 1. The number of rotatable bonds is 2. The lowest BCUT2D eigenvalue weighted by molar-refractivity contribution is -0.183. The summed E-state index contributed by atoms with van der Waals surface area (Å²) < 4.78 is 4.85. The van der Waals surface area contributed by atoms with E-state index in [1.54, 1.807) is 0 Å². The fourth-order valence-electron chi connectivity index (χ4n) is 1.03. The molecule has 0 saturated carbocycles. The molecule has 0 aromatic rings. The third-order valence-electron chi connectivity index (χ3n) is 1.77. The summed E-state index contributed by atoms with van der Waals surface area (Å²) in [5.74, 6) is 0.124. The molecule has 0 aromatic carbocycles. The highest BCUT2D eigenvalue weighted by molar-refractivity contribution is 5.77. The van der Waals surface area contributed by atoms with Gasteiger partial charge in [-0.15, -0.1) is 0 Å². The van der Waals surface area contributed by atoms with E-state index >= 15 is 0 Å². The van der Waals surface area contributed by atoms with Crippen molar-refractivity contribution in [3.63, 3.8) is 0 Å². The Hall–Kier alpha value is -0.530. The molecule has 2 atom stereocenters. The van der Waals surface area contributed by atoms with Crippen molar-refractivity contribution in [2.45, 2.75) is 32.8 Å². The average Bonchev–Trinajstić information content (AvgIpc) is 1.88. The van der Waals surface area contributed by atoms with Crippen LogP contribution in [-0.4, -0.2) is 12.1 Å². The van der Waals surface area contributed by atoms with Crippen molar-refractivity contribution in [3.05, 3.63) is 0 Å². The van der Waals surface area contributed by atoms with Crippen LogP contribution in [0, 0.1) is 5.92 Å². The molecule has 0 radical (unpaired) electrons. The molecular formula is C7H12O2. The number of ether oxygens (including phenoxy) is 1. The zero-order chi connectivity index (χ0) is 6.85. The van der Waals surface area contributed by atoms with E-state index in [0.29, 0.717) is 0 Å². The highest BCUT2D eigenvalue weighted by atomic mass is 16.6. The highest BCUT2D eigenvalue weighted by Gasteiger charge is 2.37. The highest BCUT2D eigenvalue weighted by Crippen LogP contribution is 2.24. The molecule has 1 aliphatic rings. The maximum absolute atomic E-state index is 10.5. The zero-order valence-corrected chi connectivity index (χ0v) is 5.89. The van der Waals surface area contributed by atoms with E-state index in [1.165, 1.54) is 0 Å². The lowest BCUT2D eigenvalue weighted by atomic mass is 9.96. The standard InChI is InChI=1S/C7H12O2/c1-3-4-6-5(2)7(8)9-6/h5-6H,3-4H2,1-2H3/t5-,6-/m0/s1. The molecule has 0 amide bonds. The van der Waals surface area contributed by atoms with Crippen LogP contribution in [0.4, 0.5) is 0 Å². The van der Waals surface area contributed by atoms with Gasteiger partial charge in [-0.2, -0.15) is 0 Å². The minimum atomic E-state index is -0.0338. The first-order valence-electron chi connectivity index (χ1n) is 3.46. The van der Waals surface area contributed by atoms with Crippen molar-refractivity contribution in [1.82, 2.24) is 0 Å². The number of carbonyl (C=O) groups is 1. The van der Waals surface area contributed by atoms with Crippen LogP contribution < -0.4 is 0 Å². The molecule has 0 aromatic heterocycles. The predicted octanol–water partition coefficient (Wildman–Crippen LogP) is 1.35. The molecule has 2 nitrogen and oxygen atoms in total. The van der Waals surface area contributed by atoms with Gasteiger partial charge in [0.2, 0.25) is 0 Å². The molecule has 2 heteroatoms. The second-order valence-electron chi connectivity index (χ2n) is 2.55. The van der Waals surface area contributed by atoms with E-state index < -0.39 is 0 Å². The molecule has 0 spiro atoms. The number of hydrogen-bond acceptors (Lipinski definition) is 2. The normalized spacial score (nSPS) is 33.3. The topological polar surface area (TPSA) is 26.3 Å². The summed E-state index contributed by atoms with van der Waals surface area (Å²) in [4.78, 5) is 10.5. The van der Waals surface area contributed by atoms with Crippen LogP contribution in [0.3, 0.4) is 0 Å². The van der Waals surface area contributed by atoms with Crippen molar-refractivity contribution in [1.29, 1.82) is 0 Å². The fraction of sp³-hybridized carbons (Fsp3) is 0.857. The summed E-state index contributed by atoms with van der Waals surface area (Å²) in [6, 6.07) is 0. The molecule has 0 bridgehead atoms. The smallest absolute Gasteiger partial charge is 0.312 e. The average molecular weight is 128 g/mol.